The Labute approximate surface area is 169 Å². The highest BCUT2D eigenvalue weighted by Gasteiger charge is 2.21. The number of nitrogens with zero attached hydrogens (tertiary/aromatic N) is 5. The number of piperidine rings is 1. The van der Waals surface area contributed by atoms with Crippen molar-refractivity contribution in [1.29, 1.82) is 0 Å². The summed E-state index contributed by atoms with van der Waals surface area (Å²) in [6.45, 7) is 10.7. The highest BCUT2D eigenvalue weighted by molar-refractivity contribution is 5.68. The number of ether oxygens (including phenoxy) is 2. The van der Waals surface area contributed by atoms with E-state index in [1.54, 1.807) is 4.90 Å². The van der Waals surface area contributed by atoms with Gasteiger partial charge in [-0.2, -0.15) is 0 Å². The van der Waals surface area contributed by atoms with Crippen molar-refractivity contribution in [2.75, 3.05) is 45.9 Å². The quantitative estimate of drug-likeness (QED) is 0.175. The molecule has 0 bridgehead atoms. The van der Waals surface area contributed by atoms with Crippen LogP contribution < -0.4 is 0 Å². The second-order valence-electron chi connectivity index (χ2n) is 8.02. The minimum Gasteiger partial charge on any atom is -0.444 e. The van der Waals surface area contributed by atoms with Gasteiger partial charge < -0.3 is 19.3 Å². The van der Waals surface area contributed by atoms with Crippen LogP contribution in [0.5, 0.6) is 0 Å². The monoisotopic (exact) mass is 393 g/mol. The summed E-state index contributed by atoms with van der Waals surface area (Å²) in [6.07, 6.45) is 9.15. The first-order valence-electron chi connectivity index (χ1n) is 10.1. The topological polar surface area (TPSA) is 90.8 Å². The van der Waals surface area contributed by atoms with Crippen molar-refractivity contribution in [3.05, 3.63) is 10.4 Å². The Morgan fingerprint density at radius 3 is 2.61 bits per heavy atom. The predicted octanol–water partition coefficient (Wildman–Crippen LogP) is 3.82. The Hall–Kier alpha value is -1.94. The maximum Gasteiger partial charge on any atom is 0.410 e. The highest BCUT2D eigenvalue weighted by Crippen LogP contribution is 2.14. The zero-order valence-corrected chi connectivity index (χ0v) is 17.6. The fraction of sp³-hybridized carbons (Fsp3) is 0.850. The predicted molar refractivity (Wildman–Crippen MR) is 110 cm³/mol. The third kappa shape index (κ3) is 11.0. The number of hydrogen-bond donors (Lipinski definition) is 0. The zero-order chi connectivity index (χ0) is 20.8. The molecule has 0 aromatic carbocycles. The second-order valence-corrected chi connectivity index (χ2v) is 8.02. The molecule has 28 heavy (non-hydrogen) atoms. The molecule has 1 rings (SSSR count). The molecule has 1 aliphatic heterocycles. The van der Waals surface area contributed by atoms with E-state index in [1.165, 1.54) is 0 Å². The molecule has 0 radical (unpaired) electrons. The van der Waals surface area contributed by atoms with E-state index in [1.807, 2.05) is 20.8 Å². The molecule has 8 heteroatoms. The summed E-state index contributed by atoms with van der Waals surface area (Å²) in [5.41, 5.74) is 7.96. The van der Waals surface area contributed by atoms with Gasteiger partial charge in [0.15, 0.2) is 0 Å². The first-order valence-corrected chi connectivity index (χ1v) is 10.1. The van der Waals surface area contributed by atoms with Crippen LogP contribution >= 0.6 is 0 Å². The Bertz CT molecular complexity index is 541. The van der Waals surface area contributed by atoms with E-state index in [0.717, 1.165) is 45.3 Å². The molecular weight excluding hydrogens is 358 g/mol. The fourth-order valence-electron chi connectivity index (χ4n) is 2.99. The normalized spacial score (nSPS) is 15.5. The highest BCUT2D eigenvalue weighted by atomic mass is 16.6. The Morgan fingerprint density at radius 2 is 2.00 bits per heavy atom. The van der Waals surface area contributed by atoms with Gasteiger partial charge >= 0.3 is 6.09 Å². The van der Waals surface area contributed by atoms with Crippen LogP contribution in [-0.2, 0) is 9.47 Å². The van der Waals surface area contributed by atoms with Gasteiger partial charge in [-0.3, -0.25) is 0 Å². The number of hydrogen-bond acceptors (Lipinski definition) is 5. The number of azide groups is 1. The summed E-state index contributed by atoms with van der Waals surface area (Å²) in [5, 5.41) is 3.79. The van der Waals surface area contributed by atoms with E-state index in [2.05, 4.69) is 20.8 Å². The Kier molecular flexibility index (Phi) is 11.4. The van der Waals surface area contributed by atoms with Gasteiger partial charge in [-0.1, -0.05) is 5.11 Å². The summed E-state index contributed by atoms with van der Waals surface area (Å²) in [7, 11) is 0. The molecule has 0 atom stereocenters. The van der Waals surface area contributed by atoms with Crippen molar-refractivity contribution < 1.29 is 14.3 Å². The molecule has 8 nitrogen and oxygen atoms in total. The molecule has 0 aliphatic carbocycles. The SMILES string of the molecule is C#CCCCN(CCOCCCN1CCC(N=[N+]=[N-])CC1)C(=O)OC(C)(C)C. The molecule has 0 spiro atoms. The van der Waals surface area contributed by atoms with Crippen LogP contribution in [0.1, 0.15) is 52.9 Å². The van der Waals surface area contributed by atoms with Crippen LogP contribution in [0.3, 0.4) is 0 Å². The smallest absolute Gasteiger partial charge is 0.410 e. The Morgan fingerprint density at radius 1 is 1.29 bits per heavy atom. The maximum atomic E-state index is 12.3. The van der Waals surface area contributed by atoms with Gasteiger partial charge in [0.2, 0.25) is 0 Å². The van der Waals surface area contributed by atoms with Crippen LogP contribution in [0.15, 0.2) is 5.11 Å². The molecule has 1 fully saturated rings. The molecular formula is C20H35N5O3. The first-order chi connectivity index (χ1) is 13.4. The lowest BCUT2D eigenvalue weighted by atomic mass is 10.1. The summed E-state index contributed by atoms with van der Waals surface area (Å²) < 4.78 is 11.2. The standard InChI is InChI=1S/C20H35N5O3/c1-5-6-7-12-25(19(26)28-20(2,3)4)15-17-27-16-8-11-24-13-9-18(10-14-24)22-23-21/h1,18H,6-17H2,2-4H3. The number of carbonyl (C=O) groups is 1. The first kappa shape index (κ1) is 24.1. The zero-order valence-electron chi connectivity index (χ0n) is 17.6. The van der Waals surface area contributed by atoms with Gasteiger partial charge in [0.1, 0.15) is 5.60 Å². The van der Waals surface area contributed by atoms with Crippen molar-refractivity contribution in [1.82, 2.24) is 9.80 Å². The molecule has 0 unspecified atom stereocenters. The molecule has 1 aliphatic rings. The second kappa shape index (κ2) is 13.3. The van der Waals surface area contributed by atoms with Gasteiger partial charge in [-0.05, 0) is 65.1 Å². The summed E-state index contributed by atoms with van der Waals surface area (Å²) in [4.78, 5) is 19.2. The van der Waals surface area contributed by atoms with Crippen molar-refractivity contribution in [3.63, 3.8) is 0 Å². The third-order valence-electron chi connectivity index (χ3n) is 4.44. The largest absolute Gasteiger partial charge is 0.444 e. The van der Waals surface area contributed by atoms with Crippen molar-refractivity contribution in [3.8, 4) is 12.3 Å². The summed E-state index contributed by atoms with van der Waals surface area (Å²) in [5.74, 6) is 2.60. The van der Waals surface area contributed by atoms with Crippen molar-refractivity contribution in [2.45, 2.75) is 64.5 Å². The van der Waals surface area contributed by atoms with Crippen molar-refractivity contribution >= 4 is 6.09 Å². The molecule has 0 saturated carbocycles. The van der Waals surface area contributed by atoms with Gasteiger partial charge in [0.05, 0.1) is 6.61 Å². The van der Waals surface area contributed by atoms with Gasteiger partial charge in [0.25, 0.3) is 0 Å². The number of likely N-dealkylation sites (tertiary alicyclic amines) is 1. The lowest BCUT2D eigenvalue weighted by molar-refractivity contribution is 0.0169. The molecule has 1 heterocycles. The molecule has 0 aromatic heterocycles. The molecule has 0 N–H and O–H groups in total. The minimum atomic E-state index is -0.520. The number of unbranched alkanes of at least 4 members (excludes halogenated alkanes) is 1. The number of rotatable bonds is 11. The van der Waals surface area contributed by atoms with Crippen LogP contribution in [-0.4, -0.2) is 73.5 Å². The van der Waals surface area contributed by atoms with E-state index in [4.69, 9.17) is 21.4 Å². The fourth-order valence-corrected chi connectivity index (χ4v) is 2.99. The van der Waals surface area contributed by atoms with E-state index < -0.39 is 5.60 Å². The van der Waals surface area contributed by atoms with E-state index in [0.29, 0.717) is 32.7 Å². The number of terminal acetylenes is 1. The molecule has 158 valence electrons. The number of carbonyl (C=O) groups excluding carboxylic acids is 1. The van der Waals surface area contributed by atoms with Gasteiger partial charge in [-0.25, -0.2) is 4.79 Å². The average molecular weight is 394 g/mol. The van der Waals surface area contributed by atoms with Crippen LogP contribution in [0.4, 0.5) is 4.79 Å². The van der Waals surface area contributed by atoms with E-state index >= 15 is 0 Å². The molecule has 1 amide bonds. The minimum absolute atomic E-state index is 0.144. The lowest BCUT2D eigenvalue weighted by Gasteiger charge is -2.29. The van der Waals surface area contributed by atoms with Gasteiger partial charge in [0, 0.05) is 43.6 Å². The molecule has 1 saturated heterocycles. The van der Waals surface area contributed by atoms with E-state index in [-0.39, 0.29) is 12.1 Å². The van der Waals surface area contributed by atoms with Crippen LogP contribution in [0.2, 0.25) is 0 Å². The lowest BCUT2D eigenvalue weighted by Crippen LogP contribution is -2.39. The van der Waals surface area contributed by atoms with Crippen LogP contribution in [0.25, 0.3) is 10.4 Å². The summed E-state index contributed by atoms with van der Waals surface area (Å²) in [6, 6.07) is 0.144. The average Bonchev–Trinajstić information content (AvgIpc) is 2.63. The third-order valence-corrected chi connectivity index (χ3v) is 4.44. The Balaban J connectivity index is 2.21. The molecule has 0 aromatic rings. The van der Waals surface area contributed by atoms with E-state index in [9.17, 15) is 4.79 Å². The maximum absolute atomic E-state index is 12.3. The summed E-state index contributed by atoms with van der Waals surface area (Å²) >= 11 is 0. The van der Waals surface area contributed by atoms with Gasteiger partial charge in [-0.15, -0.1) is 12.3 Å². The number of amides is 1. The van der Waals surface area contributed by atoms with Crippen molar-refractivity contribution in [2.24, 2.45) is 5.11 Å². The van der Waals surface area contributed by atoms with Crippen LogP contribution in [0, 0.1) is 12.3 Å².